The summed E-state index contributed by atoms with van der Waals surface area (Å²) in [6.45, 7) is 6.23. The van der Waals surface area contributed by atoms with Crippen LogP contribution >= 0.6 is 0 Å². The minimum absolute atomic E-state index is 0.0421. The van der Waals surface area contributed by atoms with E-state index in [1.165, 1.54) is 12.1 Å². The number of hydrogen-bond donors (Lipinski definition) is 1. The van der Waals surface area contributed by atoms with Crippen molar-refractivity contribution in [3.63, 3.8) is 0 Å². The van der Waals surface area contributed by atoms with E-state index in [0.717, 1.165) is 25.9 Å². The van der Waals surface area contributed by atoms with Crippen LogP contribution in [0.1, 0.15) is 42.9 Å². The number of amides is 1. The molecule has 1 aromatic heterocycles. The van der Waals surface area contributed by atoms with Crippen LogP contribution in [-0.2, 0) is 6.61 Å². The summed E-state index contributed by atoms with van der Waals surface area (Å²) >= 11 is 0. The molecule has 0 bridgehead atoms. The van der Waals surface area contributed by atoms with Gasteiger partial charge in [0.25, 0.3) is 5.91 Å². The summed E-state index contributed by atoms with van der Waals surface area (Å²) < 4.78 is 18.7. The first-order valence-electron chi connectivity index (χ1n) is 8.73. The number of carbonyl (C=O) groups excluding carboxylic acids is 1. The van der Waals surface area contributed by atoms with Crippen molar-refractivity contribution >= 4 is 5.91 Å². The molecule has 1 N–H and O–H groups in total. The number of aromatic nitrogens is 2. The molecule has 1 aliphatic heterocycles. The molecule has 2 aromatic rings. The summed E-state index contributed by atoms with van der Waals surface area (Å²) in [5, 5.41) is 6.93. The number of carbonyl (C=O) groups is 1. The molecule has 6 heteroatoms. The van der Waals surface area contributed by atoms with Gasteiger partial charge < -0.3 is 9.64 Å². The molecule has 0 unspecified atom stereocenters. The van der Waals surface area contributed by atoms with Crippen molar-refractivity contribution in [2.24, 2.45) is 11.8 Å². The van der Waals surface area contributed by atoms with Crippen molar-refractivity contribution < 1.29 is 13.9 Å². The number of H-pyrrole nitrogens is 1. The van der Waals surface area contributed by atoms with E-state index in [9.17, 15) is 9.18 Å². The van der Waals surface area contributed by atoms with E-state index in [-0.39, 0.29) is 18.3 Å². The van der Waals surface area contributed by atoms with Crippen LogP contribution in [-0.4, -0.2) is 34.1 Å². The summed E-state index contributed by atoms with van der Waals surface area (Å²) in [5.74, 6) is 1.29. The first kappa shape index (κ1) is 17.5. The maximum Gasteiger partial charge on any atom is 0.274 e. The summed E-state index contributed by atoms with van der Waals surface area (Å²) in [6.07, 6.45) is 2.21. The lowest BCUT2D eigenvalue weighted by molar-refractivity contribution is 0.0779. The zero-order valence-corrected chi connectivity index (χ0v) is 14.7. The van der Waals surface area contributed by atoms with Gasteiger partial charge in [0.1, 0.15) is 18.2 Å². The number of nitrogens with zero attached hydrogens (tertiary/aromatic N) is 2. The van der Waals surface area contributed by atoms with E-state index < -0.39 is 0 Å². The van der Waals surface area contributed by atoms with E-state index in [0.29, 0.717) is 29.0 Å². The molecular weight excluding hydrogens is 321 g/mol. The second kappa shape index (κ2) is 7.68. The minimum atomic E-state index is -0.344. The van der Waals surface area contributed by atoms with Gasteiger partial charge >= 0.3 is 0 Å². The third kappa shape index (κ3) is 4.59. The average Bonchev–Trinajstić information content (AvgIpc) is 3.21. The molecule has 134 valence electrons. The highest BCUT2D eigenvalue weighted by Crippen LogP contribution is 2.24. The Hall–Kier alpha value is -2.37. The van der Waals surface area contributed by atoms with Gasteiger partial charge in [-0.2, -0.15) is 5.10 Å². The van der Waals surface area contributed by atoms with Gasteiger partial charge in [0.2, 0.25) is 0 Å². The molecule has 0 radical (unpaired) electrons. The Morgan fingerprint density at radius 3 is 3.04 bits per heavy atom. The molecule has 0 spiro atoms. The molecule has 1 aliphatic rings. The largest absolute Gasteiger partial charge is 0.487 e. The van der Waals surface area contributed by atoms with Crippen molar-refractivity contribution in [3.05, 3.63) is 47.5 Å². The van der Waals surface area contributed by atoms with E-state index in [2.05, 4.69) is 24.0 Å². The van der Waals surface area contributed by atoms with Crippen LogP contribution in [0.15, 0.2) is 30.3 Å². The van der Waals surface area contributed by atoms with Crippen LogP contribution < -0.4 is 4.74 Å². The van der Waals surface area contributed by atoms with Crippen LogP contribution in [0, 0.1) is 17.7 Å². The molecule has 2 heterocycles. The highest BCUT2D eigenvalue weighted by molar-refractivity contribution is 5.92. The topological polar surface area (TPSA) is 58.2 Å². The maximum absolute atomic E-state index is 13.1. The Morgan fingerprint density at radius 2 is 2.28 bits per heavy atom. The molecule has 3 rings (SSSR count). The van der Waals surface area contributed by atoms with Gasteiger partial charge in [-0.15, -0.1) is 0 Å². The van der Waals surface area contributed by atoms with Crippen molar-refractivity contribution in [2.75, 3.05) is 13.1 Å². The van der Waals surface area contributed by atoms with Gasteiger partial charge in [-0.05, 0) is 42.9 Å². The van der Waals surface area contributed by atoms with Crippen molar-refractivity contribution in [1.82, 2.24) is 15.1 Å². The van der Waals surface area contributed by atoms with Gasteiger partial charge in [-0.1, -0.05) is 19.9 Å². The Morgan fingerprint density at radius 1 is 1.44 bits per heavy atom. The summed E-state index contributed by atoms with van der Waals surface area (Å²) in [6, 6.07) is 7.67. The number of rotatable bonds is 6. The van der Waals surface area contributed by atoms with Gasteiger partial charge in [0, 0.05) is 19.2 Å². The molecule has 1 fully saturated rings. The smallest absolute Gasteiger partial charge is 0.274 e. The fourth-order valence-electron chi connectivity index (χ4n) is 3.30. The van der Waals surface area contributed by atoms with Crippen molar-refractivity contribution in [2.45, 2.75) is 33.3 Å². The van der Waals surface area contributed by atoms with Crippen LogP contribution in [0.2, 0.25) is 0 Å². The molecule has 1 atom stereocenters. The normalized spacial score (nSPS) is 17.3. The zero-order valence-electron chi connectivity index (χ0n) is 14.7. The third-order valence-electron chi connectivity index (χ3n) is 4.42. The van der Waals surface area contributed by atoms with Crippen molar-refractivity contribution in [1.29, 1.82) is 0 Å². The van der Waals surface area contributed by atoms with Gasteiger partial charge in [-0.3, -0.25) is 9.89 Å². The monoisotopic (exact) mass is 345 g/mol. The van der Waals surface area contributed by atoms with E-state index >= 15 is 0 Å². The van der Waals surface area contributed by atoms with Gasteiger partial charge in [-0.25, -0.2) is 4.39 Å². The van der Waals surface area contributed by atoms with Crippen LogP contribution in [0.3, 0.4) is 0 Å². The van der Waals surface area contributed by atoms with E-state index in [1.807, 2.05) is 4.90 Å². The standard InChI is InChI=1S/C19H24FN3O2/c1-13(2)8-14-6-7-23(11-14)19(24)18-10-16(21-22-18)12-25-17-5-3-4-15(20)9-17/h3-5,9-10,13-14H,6-8,11-12H2,1-2H3,(H,21,22)/t14-/m0/s1. The van der Waals surface area contributed by atoms with E-state index in [4.69, 9.17) is 4.74 Å². The number of hydrogen-bond acceptors (Lipinski definition) is 3. The Balaban J connectivity index is 1.55. The fraction of sp³-hybridized carbons (Fsp3) is 0.474. The van der Waals surface area contributed by atoms with Crippen LogP contribution in [0.5, 0.6) is 5.75 Å². The maximum atomic E-state index is 13.1. The fourth-order valence-corrected chi connectivity index (χ4v) is 3.30. The second-order valence-corrected chi connectivity index (χ2v) is 7.06. The number of halogens is 1. The lowest BCUT2D eigenvalue weighted by Crippen LogP contribution is -2.29. The van der Waals surface area contributed by atoms with E-state index in [1.54, 1.807) is 18.2 Å². The predicted octanol–water partition coefficient (Wildman–Crippen LogP) is 3.64. The number of likely N-dealkylation sites (tertiary alicyclic amines) is 1. The quantitative estimate of drug-likeness (QED) is 0.870. The highest BCUT2D eigenvalue weighted by Gasteiger charge is 2.28. The third-order valence-corrected chi connectivity index (χ3v) is 4.42. The molecule has 0 saturated carbocycles. The Labute approximate surface area is 147 Å². The zero-order chi connectivity index (χ0) is 17.8. The molecule has 1 amide bonds. The first-order chi connectivity index (χ1) is 12.0. The Bertz CT molecular complexity index is 729. The number of aromatic amines is 1. The number of benzene rings is 1. The number of nitrogens with one attached hydrogen (secondary N) is 1. The number of ether oxygens (including phenoxy) is 1. The average molecular weight is 345 g/mol. The lowest BCUT2D eigenvalue weighted by atomic mass is 9.97. The highest BCUT2D eigenvalue weighted by atomic mass is 19.1. The second-order valence-electron chi connectivity index (χ2n) is 7.06. The molecule has 5 nitrogen and oxygen atoms in total. The summed E-state index contributed by atoms with van der Waals surface area (Å²) in [5.41, 5.74) is 1.09. The Kier molecular flexibility index (Phi) is 5.36. The predicted molar refractivity (Wildman–Crippen MR) is 92.8 cm³/mol. The SMILES string of the molecule is CC(C)C[C@@H]1CCN(C(=O)c2cc(COc3cccc(F)c3)[nH]n2)C1. The van der Waals surface area contributed by atoms with Gasteiger partial charge in [0.15, 0.2) is 5.69 Å². The summed E-state index contributed by atoms with van der Waals surface area (Å²) in [4.78, 5) is 14.4. The molecule has 25 heavy (non-hydrogen) atoms. The molecule has 0 aliphatic carbocycles. The van der Waals surface area contributed by atoms with Crippen LogP contribution in [0.25, 0.3) is 0 Å². The molecular formula is C19H24FN3O2. The van der Waals surface area contributed by atoms with Crippen LogP contribution in [0.4, 0.5) is 4.39 Å². The minimum Gasteiger partial charge on any atom is -0.487 e. The first-order valence-corrected chi connectivity index (χ1v) is 8.73. The molecule has 1 saturated heterocycles. The van der Waals surface area contributed by atoms with Gasteiger partial charge in [0.05, 0.1) is 5.69 Å². The molecule has 1 aromatic carbocycles. The lowest BCUT2D eigenvalue weighted by Gasteiger charge is -2.16. The summed E-state index contributed by atoms with van der Waals surface area (Å²) in [7, 11) is 0. The van der Waals surface area contributed by atoms with Crippen molar-refractivity contribution in [3.8, 4) is 5.75 Å².